The van der Waals surface area contributed by atoms with Crippen LogP contribution in [0.5, 0.6) is 0 Å². The van der Waals surface area contributed by atoms with Crippen LogP contribution in [0.2, 0.25) is 0 Å². The second-order valence-electron chi connectivity index (χ2n) is 5.91. The summed E-state index contributed by atoms with van der Waals surface area (Å²) in [6, 6.07) is 0.0630. The van der Waals surface area contributed by atoms with E-state index in [2.05, 4.69) is 10.6 Å². The van der Waals surface area contributed by atoms with Crippen molar-refractivity contribution in [3.05, 3.63) is 0 Å². The first kappa shape index (κ1) is 14.2. The first-order valence-corrected chi connectivity index (χ1v) is 7.39. The van der Waals surface area contributed by atoms with Crippen molar-refractivity contribution in [3.8, 4) is 0 Å². The number of rotatable bonds is 4. The summed E-state index contributed by atoms with van der Waals surface area (Å²) in [6.45, 7) is 0.195. The van der Waals surface area contributed by atoms with Gasteiger partial charge in [0.25, 0.3) is 0 Å². The number of amides is 2. The molecule has 2 aliphatic rings. The van der Waals surface area contributed by atoms with Crippen molar-refractivity contribution in [2.45, 2.75) is 63.8 Å². The molecule has 2 saturated carbocycles. The van der Waals surface area contributed by atoms with Gasteiger partial charge in [-0.2, -0.15) is 0 Å². The highest BCUT2D eigenvalue weighted by Gasteiger charge is 2.43. The third-order valence-electron chi connectivity index (χ3n) is 4.69. The third-order valence-corrected chi connectivity index (χ3v) is 4.69. The fourth-order valence-electron chi connectivity index (χ4n) is 3.70. The minimum absolute atomic E-state index is 0.0246. The number of carbonyl (C=O) groups excluding carboxylic acids is 1. The van der Waals surface area contributed by atoms with E-state index < -0.39 is 5.97 Å². The Balaban J connectivity index is 1.82. The van der Waals surface area contributed by atoms with Gasteiger partial charge in [-0.1, -0.05) is 25.7 Å². The molecule has 0 heterocycles. The number of urea groups is 1. The van der Waals surface area contributed by atoms with Crippen molar-refractivity contribution in [1.29, 1.82) is 0 Å². The highest BCUT2D eigenvalue weighted by atomic mass is 16.4. The minimum Gasteiger partial charge on any atom is -0.481 e. The van der Waals surface area contributed by atoms with Crippen molar-refractivity contribution >= 4 is 12.0 Å². The Bertz CT molecular complexity index is 338. The molecule has 1 unspecified atom stereocenters. The van der Waals surface area contributed by atoms with E-state index in [0.29, 0.717) is 5.41 Å². The molecule has 1 spiro atoms. The lowest BCUT2D eigenvalue weighted by Crippen LogP contribution is -2.51. The molecule has 0 aromatic carbocycles. The molecule has 0 aliphatic heterocycles. The zero-order valence-corrected chi connectivity index (χ0v) is 11.4. The van der Waals surface area contributed by atoms with Crippen LogP contribution < -0.4 is 10.6 Å². The molecule has 0 aromatic heterocycles. The molecule has 5 heteroatoms. The Labute approximate surface area is 114 Å². The average molecular weight is 268 g/mol. The van der Waals surface area contributed by atoms with Gasteiger partial charge in [-0.25, -0.2) is 4.79 Å². The molecule has 1 atom stereocenters. The van der Waals surface area contributed by atoms with Crippen LogP contribution >= 0.6 is 0 Å². The fraction of sp³-hybridized carbons (Fsp3) is 0.857. The van der Waals surface area contributed by atoms with Gasteiger partial charge in [-0.05, 0) is 31.1 Å². The van der Waals surface area contributed by atoms with Crippen molar-refractivity contribution < 1.29 is 14.7 Å². The highest BCUT2D eigenvalue weighted by molar-refractivity contribution is 5.75. The minimum atomic E-state index is -0.884. The summed E-state index contributed by atoms with van der Waals surface area (Å²) in [4.78, 5) is 22.2. The second kappa shape index (κ2) is 6.26. The molecule has 2 amide bonds. The lowest BCUT2D eigenvalue weighted by Gasteiger charge is -2.42. The maximum absolute atomic E-state index is 11.8. The van der Waals surface area contributed by atoms with E-state index in [0.717, 1.165) is 6.42 Å². The number of hydrogen-bond acceptors (Lipinski definition) is 2. The van der Waals surface area contributed by atoms with Gasteiger partial charge in [-0.3, -0.25) is 4.79 Å². The van der Waals surface area contributed by atoms with Crippen LogP contribution in [0.3, 0.4) is 0 Å². The average Bonchev–Trinajstić information content (AvgIpc) is 2.81. The molecule has 2 rings (SSSR count). The van der Waals surface area contributed by atoms with Crippen LogP contribution in [0.15, 0.2) is 0 Å². The van der Waals surface area contributed by atoms with Crippen LogP contribution in [0.25, 0.3) is 0 Å². The molecule has 0 aromatic rings. The Morgan fingerprint density at radius 2 is 1.74 bits per heavy atom. The smallest absolute Gasteiger partial charge is 0.315 e. The topological polar surface area (TPSA) is 78.4 Å². The van der Waals surface area contributed by atoms with Gasteiger partial charge in [0.1, 0.15) is 0 Å². The van der Waals surface area contributed by atoms with E-state index in [1.807, 2.05) is 0 Å². The summed E-state index contributed by atoms with van der Waals surface area (Å²) in [5, 5.41) is 14.3. The van der Waals surface area contributed by atoms with E-state index in [4.69, 9.17) is 5.11 Å². The maximum atomic E-state index is 11.8. The van der Waals surface area contributed by atoms with E-state index >= 15 is 0 Å². The molecule has 2 aliphatic carbocycles. The first-order chi connectivity index (χ1) is 9.12. The summed E-state index contributed by atoms with van der Waals surface area (Å²) in [5.41, 5.74) is 0.322. The summed E-state index contributed by atoms with van der Waals surface area (Å²) in [5.74, 6) is -0.884. The number of carbonyl (C=O) groups is 2. The lowest BCUT2D eigenvalue weighted by molar-refractivity contribution is -0.136. The molecule has 0 radical (unpaired) electrons. The standard InChI is InChI=1S/C14H24N2O3/c17-12(18)6-10-15-13(19)16-11-5-1-2-7-14(11)8-3-4-9-14/h11H,1-10H2,(H,17,18)(H2,15,16,19). The van der Waals surface area contributed by atoms with Gasteiger partial charge < -0.3 is 15.7 Å². The summed E-state index contributed by atoms with van der Waals surface area (Å²) in [6.07, 6.45) is 9.74. The molecule has 108 valence electrons. The van der Waals surface area contributed by atoms with Crippen LogP contribution in [-0.4, -0.2) is 29.7 Å². The van der Waals surface area contributed by atoms with Gasteiger partial charge in [0, 0.05) is 12.6 Å². The number of carboxylic acids is 1. The van der Waals surface area contributed by atoms with Crippen molar-refractivity contribution in [2.75, 3.05) is 6.54 Å². The highest BCUT2D eigenvalue weighted by Crippen LogP contribution is 2.48. The predicted molar refractivity (Wildman–Crippen MR) is 71.9 cm³/mol. The van der Waals surface area contributed by atoms with Crippen molar-refractivity contribution in [3.63, 3.8) is 0 Å². The Morgan fingerprint density at radius 1 is 1.11 bits per heavy atom. The van der Waals surface area contributed by atoms with Crippen LogP contribution in [0.4, 0.5) is 4.79 Å². The molecule has 19 heavy (non-hydrogen) atoms. The Kier molecular flexibility index (Phi) is 4.66. The summed E-state index contributed by atoms with van der Waals surface area (Å²) < 4.78 is 0. The SMILES string of the molecule is O=C(O)CCNC(=O)NC1CCCCC12CCCC2. The Hall–Kier alpha value is -1.26. The molecule has 0 saturated heterocycles. The Morgan fingerprint density at radius 3 is 2.37 bits per heavy atom. The molecule has 0 bridgehead atoms. The molecule has 2 fully saturated rings. The van der Waals surface area contributed by atoms with Gasteiger partial charge in [-0.15, -0.1) is 0 Å². The van der Waals surface area contributed by atoms with Gasteiger partial charge in [0.05, 0.1) is 6.42 Å². The van der Waals surface area contributed by atoms with E-state index in [9.17, 15) is 9.59 Å². The van der Waals surface area contributed by atoms with Crippen molar-refractivity contribution in [1.82, 2.24) is 10.6 Å². The number of nitrogens with one attached hydrogen (secondary N) is 2. The number of aliphatic carboxylic acids is 1. The zero-order chi connectivity index (χ0) is 13.7. The quantitative estimate of drug-likeness (QED) is 0.731. The number of carboxylic acid groups (broad SMARTS) is 1. The van der Waals surface area contributed by atoms with E-state index in [-0.39, 0.29) is 25.0 Å². The van der Waals surface area contributed by atoms with E-state index in [1.54, 1.807) is 0 Å². The third kappa shape index (κ3) is 3.61. The molecular weight excluding hydrogens is 244 g/mol. The van der Waals surface area contributed by atoms with Gasteiger partial charge in [0.2, 0.25) is 0 Å². The summed E-state index contributed by atoms with van der Waals surface area (Å²) in [7, 11) is 0. The number of hydrogen-bond donors (Lipinski definition) is 3. The van der Waals surface area contributed by atoms with Crippen LogP contribution in [0.1, 0.15) is 57.8 Å². The maximum Gasteiger partial charge on any atom is 0.315 e. The van der Waals surface area contributed by atoms with Crippen LogP contribution in [0, 0.1) is 5.41 Å². The fourth-order valence-corrected chi connectivity index (χ4v) is 3.70. The predicted octanol–water partition coefficient (Wildman–Crippen LogP) is 2.26. The summed E-state index contributed by atoms with van der Waals surface area (Å²) >= 11 is 0. The van der Waals surface area contributed by atoms with Gasteiger partial charge in [0.15, 0.2) is 0 Å². The molecular formula is C14H24N2O3. The van der Waals surface area contributed by atoms with Crippen molar-refractivity contribution in [2.24, 2.45) is 5.41 Å². The lowest BCUT2D eigenvalue weighted by atomic mass is 9.69. The second-order valence-corrected chi connectivity index (χ2v) is 5.91. The van der Waals surface area contributed by atoms with Crippen LogP contribution in [-0.2, 0) is 4.79 Å². The van der Waals surface area contributed by atoms with E-state index in [1.165, 1.54) is 44.9 Å². The monoisotopic (exact) mass is 268 g/mol. The molecule has 5 nitrogen and oxygen atoms in total. The molecule has 3 N–H and O–H groups in total. The largest absolute Gasteiger partial charge is 0.481 e. The van der Waals surface area contributed by atoms with Gasteiger partial charge >= 0.3 is 12.0 Å². The zero-order valence-electron chi connectivity index (χ0n) is 11.4. The normalized spacial score (nSPS) is 25.2. The first-order valence-electron chi connectivity index (χ1n) is 7.39.